The number of carbonyl (C=O) groups excluding carboxylic acids is 2. The molecule has 4 rings (SSSR count). The van der Waals surface area contributed by atoms with Crippen molar-refractivity contribution in [3.8, 4) is 5.75 Å². The van der Waals surface area contributed by atoms with Crippen molar-refractivity contribution < 1.29 is 18.7 Å². The fourth-order valence-corrected chi connectivity index (χ4v) is 3.22. The molecule has 0 unspecified atom stereocenters. The second kappa shape index (κ2) is 7.75. The smallest absolute Gasteiger partial charge is 0.265 e. The molecular weight excluding hydrogens is 371 g/mol. The molecule has 0 spiro atoms. The molecule has 3 aromatic carbocycles. The van der Waals surface area contributed by atoms with Crippen molar-refractivity contribution in [2.75, 3.05) is 16.8 Å². The summed E-state index contributed by atoms with van der Waals surface area (Å²) in [4.78, 5) is 26.4. The number of hydrogen-bond donors (Lipinski definition) is 1. The van der Waals surface area contributed by atoms with Crippen LogP contribution in [0.5, 0.6) is 5.75 Å². The molecule has 146 valence electrons. The van der Waals surface area contributed by atoms with Gasteiger partial charge in [0.15, 0.2) is 6.61 Å². The number of nitrogens with zero attached hydrogens (tertiary/aromatic N) is 1. The number of amides is 2. The quantitative estimate of drug-likeness (QED) is 0.722. The molecule has 0 aromatic heterocycles. The molecule has 0 bridgehead atoms. The molecule has 2 amide bonds. The Morgan fingerprint density at radius 3 is 2.66 bits per heavy atom. The number of carbonyl (C=O) groups is 2. The van der Waals surface area contributed by atoms with Crippen LogP contribution in [-0.4, -0.2) is 18.4 Å². The predicted octanol–water partition coefficient (Wildman–Crippen LogP) is 4.31. The third kappa shape index (κ3) is 4.11. The number of ether oxygens (including phenoxy) is 1. The normalized spacial score (nSPS) is 12.9. The first-order chi connectivity index (χ1) is 14.0. The highest BCUT2D eigenvalue weighted by atomic mass is 19.1. The molecule has 3 aromatic rings. The standard InChI is InChI=1S/C23H19FN2O3/c1-15-3-2-4-17(11-15)23(28)25-19-9-10-20-21(12-19)29-14-22(27)26(20)13-16-5-7-18(24)8-6-16/h2-12H,13-14H2,1H3,(H,25,28). The summed E-state index contributed by atoms with van der Waals surface area (Å²) in [5.41, 5.74) is 3.56. The average Bonchev–Trinajstić information content (AvgIpc) is 2.71. The molecule has 0 saturated carbocycles. The zero-order chi connectivity index (χ0) is 20.4. The van der Waals surface area contributed by atoms with Crippen molar-refractivity contribution >= 4 is 23.2 Å². The Labute approximate surface area is 167 Å². The Morgan fingerprint density at radius 2 is 1.90 bits per heavy atom. The lowest BCUT2D eigenvalue weighted by molar-refractivity contribution is -0.121. The Balaban J connectivity index is 1.55. The van der Waals surface area contributed by atoms with Crippen molar-refractivity contribution in [3.05, 3.63) is 89.2 Å². The van der Waals surface area contributed by atoms with Gasteiger partial charge in [0.05, 0.1) is 12.2 Å². The molecule has 0 fully saturated rings. The van der Waals surface area contributed by atoms with Crippen LogP contribution in [-0.2, 0) is 11.3 Å². The fraction of sp³-hybridized carbons (Fsp3) is 0.130. The van der Waals surface area contributed by atoms with Crippen LogP contribution in [0.1, 0.15) is 21.5 Å². The molecule has 1 aliphatic heterocycles. The van der Waals surface area contributed by atoms with E-state index >= 15 is 0 Å². The second-order valence-electron chi connectivity index (χ2n) is 6.90. The van der Waals surface area contributed by atoms with Gasteiger partial charge < -0.3 is 15.0 Å². The zero-order valence-corrected chi connectivity index (χ0v) is 15.8. The topological polar surface area (TPSA) is 58.6 Å². The number of anilines is 2. The van der Waals surface area contributed by atoms with E-state index in [1.165, 1.54) is 12.1 Å². The lowest BCUT2D eigenvalue weighted by Crippen LogP contribution is -2.38. The number of hydrogen-bond acceptors (Lipinski definition) is 3. The zero-order valence-electron chi connectivity index (χ0n) is 15.8. The van der Waals surface area contributed by atoms with E-state index in [-0.39, 0.29) is 24.2 Å². The van der Waals surface area contributed by atoms with Crippen LogP contribution in [0, 0.1) is 12.7 Å². The number of benzene rings is 3. The maximum Gasteiger partial charge on any atom is 0.265 e. The van der Waals surface area contributed by atoms with Crippen LogP contribution < -0.4 is 15.0 Å². The summed E-state index contributed by atoms with van der Waals surface area (Å²) in [6.45, 7) is 2.14. The van der Waals surface area contributed by atoms with Gasteiger partial charge in [-0.05, 0) is 48.9 Å². The van der Waals surface area contributed by atoms with Crippen LogP contribution in [0.2, 0.25) is 0 Å². The molecule has 1 N–H and O–H groups in total. The van der Waals surface area contributed by atoms with Crippen molar-refractivity contribution in [2.45, 2.75) is 13.5 Å². The molecule has 29 heavy (non-hydrogen) atoms. The molecule has 1 aliphatic rings. The molecule has 0 atom stereocenters. The molecule has 0 aliphatic carbocycles. The van der Waals surface area contributed by atoms with Crippen molar-refractivity contribution in [3.63, 3.8) is 0 Å². The Kier molecular flexibility index (Phi) is 4.99. The average molecular weight is 390 g/mol. The molecule has 1 heterocycles. The lowest BCUT2D eigenvalue weighted by atomic mass is 10.1. The van der Waals surface area contributed by atoms with E-state index in [4.69, 9.17) is 4.74 Å². The number of aryl methyl sites for hydroxylation is 1. The Morgan fingerprint density at radius 1 is 1.10 bits per heavy atom. The third-order valence-electron chi connectivity index (χ3n) is 4.69. The fourth-order valence-electron chi connectivity index (χ4n) is 3.22. The van der Waals surface area contributed by atoms with Crippen LogP contribution in [0.4, 0.5) is 15.8 Å². The number of rotatable bonds is 4. The minimum atomic E-state index is -0.323. The van der Waals surface area contributed by atoms with Gasteiger partial charge in [-0.15, -0.1) is 0 Å². The van der Waals surface area contributed by atoms with Gasteiger partial charge in [-0.3, -0.25) is 9.59 Å². The lowest BCUT2D eigenvalue weighted by Gasteiger charge is -2.29. The van der Waals surface area contributed by atoms with E-state index in [0.29, 0.717) is 29.2 Å². The molecule has 0 radical (unpaired) electrons. The minimum Gasteiger partial charge on any atom is -0.481 e. The summed E-state index contributed by atoms with van der Waals surface area (Å²) in [6.07, 6.45) is 0. The summed E-state index contributed by atoms with van der Waals surface area (Å²) in [5.74, 6) is -0.215. The van der Waals surface area contributed by atoms with E-state index in [1.54, 1.807) is 41.3 Å². The summed E-state index contributed by atoms with van der Waals surface area (Å²) < 4.78 is 18.7. The van der Waals surface area contributed by atoms with Crippen LogP contribution >= 0.6 is 0 Å². The first-order valence-corrected chi connectivity index (χ1v) is 9.19. The van der Waals surface area contributed by atoms with E-state index < -0.39 is 0 Å². The van der Waals surface area contributed by atoms with Gasteiger partial charge in [0.25, 0.3) is 11.8 Å². The van der Waals surface area contributed by atoms with Gasteiger partial charge >= 0.3 is 0 Å². The van der Waals surface area contributed by atoms with E-state index in [2.05, 4.69) is 5.32 Å². The van der Waals surface area contributed by atoms with Crippen LogP contribution in [0.25, 0.3) is 0 Å². The van der Waals surface area contributed by atoms with Gasteiger partial charge in [0.2, 0.25) is 0 Å². The van der Waals surface area contributed by atoms with E-state index in [9.17, 15) is 14.0 Å². The van der Waals surface area contributed by atoms with Gasteiger partial charge in [0, 0.05) is 17.3 Å². The first-order valence-electron chi connectivity index (χ1n) is 9.19. The van der Waals surface area contributed by atoms with Gasteiger partial charge in [-0.1, -0.05) is 29.8 Å². The summed E-state index contributed by atoms with van der Waals surface area (Å²) >= 11 is 0. The van der Waals surface area contributed by atoms with Gasteiger partial charge in [-0.25, -0.2) is 4.39 Å². The summed E-state index contributed by atoms with van der Waals surface area (Å²) in [7, 11) is 0. The highest BCUT2D eigenvalue weighted by molar-refractivity contribution is 6.05. The highest BCUT2D eigenvalue weighted by Crippen LogP contribution is 2.35. The maximum absolute atomic E-state index is 13.1. The SMILES string of the molecule is Cc1cccc(C(=O)Nc2ccc3c(c2)OCC(=O)N3Cc2ccc(F)cc2)c1. The van der Waals surface area contributed by atoms with Crippen molar-refractivity contribution in [2.24, 2.45) is 0 Å². The number of halogens is 1. The maximum atomic E-state index is 13.1. The second-order valence-corrected chi connectivity index (χ2v) is 6.90. The van der Waals surface area contributed by atoms with E-state index in [1.807, 2.05) is 25.1 Å². The van der Waals surface area contributed by atoms with E-state index in [0.717, 1.165) is 11.1 Å². The highest BCUT2D eigenvalue weighted by Gasteiger charge is 2.26. The molecule has 0 saturated heterocycles. The monoisotopic (exact) mass is 390 g/mol. The van der Waals surface area contributed by atoms with Gasteiger partial charge in [-0.2, -0.15) is 0 Å². The third-order valence-corrected chi connectivity index (χ3v) is 4.69. The van der Waals surface area contributed by atoms with Crippen LogP contribution in [0.3, 0.4) is 0 Å². The molecular formula is C23H19FN2O3. The predicted molar refractivity (Wildman–Crippen MR) is 109 cm³/mol. The Bertz CT molecular complexity index is 1080. The first kappa shape index (κ1) is 18.7. The van der Waals surface area contributed by atoms with Crippen molar-refractivity contribution in [1.29, 1.82) is 0 Å². The Hall–Kier alpha value is -3.67. The molecule has 6 heteroatoms. The largest absolute Gasteiger partial charge is 0.481 e. The number of fused-ring (bicyclic) bond motifs is 1. The molecule has 5 nitrogen and oxygen atoms in total. The van der Waals surface area contributed by atoms with Crippen LogP contribution in [0.15, 0.2) is 66.7 Å². The van der Waals surface area contributed by atoms with Gasteiger partial charge in [0.1, 0.15) is 11.6 Å². The summed E-state index contributed by atoms with van der Waals surface area (Å²) in [6, 6.07) is 18.5. The minimum absolute atomic E-state index is 0.0938. The number of nitrogens with one attached hydrogen (secondary N) is 1. The summed E-state index contributed by atoms with van der Waals surface area (Å²) in [5, 5.41) is 2.85. The van der Waals surface area contributed by atoms with Crippen molar-refractivity contribution in [1.82, 2.24) is 0 Å².